The van der Waals surface area contributed by atoms with Crippen LogP contribution in [-0.2, 0) is 4.79 Å². The summed E-state index contributed by atoms with van der Waals surface area (Å²) in [4.78, 5) is 11.8. The molecule has 0 spiro atoms. The third-order valence-electron chi connectivity index (χ3n) is 3.85. The molecule has 1 aliphatic rings. The highest BCUT2D eigenvalue weighted by Crippen LogP contribution is 2.39. The van der Waals surface area contributed by atoms with Gasteiger partial charge in [-0.2, -0.15) is 13.2 Å². The second-order valence-electron chi connectivity index (χ2n) is 5.52. The Bertz CT molecular complexity index is 286. The number of rotatable bonds is 5. The zero-order valence-electron chi connectivity index (χ0n) is 11.3. The first-order valence-electron chi connectivity index (χ1n) is 6.89. The quantitative estimate of drug-likeness (QED) is 0.812. The Balaban J connectivity index is 2.29. The number of alkyl halides is 3. The van der Waals surface area contributed by atoms with Gasteiger partial charge in [0.2, 0.25) is 5.91 Å². The van der Waals surface area contributed by atoms with Gasteiger partial charge in [0.25, 0.3) is 0 Å². The van der Waals surface area contributed by atoms with E-state index >= 15 is 0 Å². The van der Waals surface area contributed by atoms with Crippen molar-refractivity contribution in [3.63, 3.8) is 0 Å². The average molecular weight is 280 g/mol. The van der Waals surface area contributed by atoms with Crippen molar-refractivity contribution in [1.29, 1.82) is 0 Å². The van der Waals surface area contributed by atoms with Crippen LogP contribution in [0.4, 0.5) is 13.2 Å². The number of halogens is 3. The minimum absolute atomic E-state index is 0.0694. The molecule has 112 valence electrons. The highest BCUT2D eigenvalue weighted by molar-refractivity contribution is 5.78. The van der Waals surface area contributed by atoms with Crippen LogP contribution in [0.2, 0.25) is 0 Å². The lowest BCUT2D eigenvalue weighted by Crippen LogP contribution is -2.37. The van der Waals surface area contributed by atoms with Gasteiger partial charge in [0.15, 0.2) is 0 Å². The van der Waals surface area contributed by atoms with Crippen LogP contribution < -0.4 is 11.1 Å². The van der Waals surface area contributed by atoms with Crippen LogP contribution in [0.5, 0.6) is 0 Å². The maximum atomic E-state index is 12.5. The highest BCUT2D eigenvalue weighted by atomic mass is 19.4. The van der Waals surface area contributed by atoms with Crippen LogP contribution in [0.1, 0.15) is 39.0 Å². The van der Waals surface area contributed by atoms with Gasteiger partial charge in [-0.15, -0.1) is 0 Å². The Morgan fingerprint density at radius 1 is 1.32 bits per heavy atom. The predicted octanol–water partition coefficient (Wildman–Crippen LogP) is 2.46. The van der Waals surface area contributed by atoms with Crippen molar-refractivity contribution in [3.05, 3.63) is 0 Å². The SMILES string of the molecule is CC(CCN)CNC(=O)C1CCC(C(F)(F)F)CC1. The summed E-state index contributed by atoms with van der Waals surface area (Å²) >= 11 is 0. The summed E-state index contributed by atoms with van der Waals surface area (Å²) in [6, 6.07) is 0. The molecule has 6 heteroatoms. The largest absolute Gasteiger partial charge is 0.391 e. The number of nitrogens with one attached hydrogen (secondary N) is 1. The lowest BCUT2D eigenvalue weighted by molar-refractivity contribution is -0.184. The van der Waals surface area contributed by atoms with Crippen LogP contribution in [-0.4, -0.2) is 25.2 Å². The van der Waals surface area contributed by atoms with E-state index < -0.39 is 12.1 Å². The van der Waals surface area contributed by atoms with Crippen LogP contribution in [0.3, 0.4) is 0 Å². The molecule has 0 aliphatic heterocycles. The first kappa shape index (κ1) is 16.3. The van der Waals surface area contributed by atoms with E-state index in [4.69, 9.17) is 5.73 Å². The van der Waals surface area contributed by atoms with Gasteiger partial charge < -0.3 is 11.1 Å². The summed E-state index contributed by atoms with van der Waals surface area (Å²) in [5, 5.41) is 2.81. The molecule has 3 nitrogen and oxygen atoms in total. The minimum Gasteiger partial charge on any atom is -0.356 e. The molecule has 19 heavy (non-hydrogen) atoms. The second kappa shape index (κ2) is 7.12. The molecule has 1 unspecified atom stereocenters. The molecule has 0 aromatic rings. The zero-order valence-corrected chi connectivity index (χ0v) is 11.3. The van der Waals surface area contributed by atoms with Crippen molar-refractivity contribution in [3.8, 4) is 0 Å². The molecule has 1 fully saturated rings. The molecule has 0 radical (unpaired) electrons. The molecule has 3 N–H and O–H groups in total. The number of hydrogen-bond acceptors (Lipinski definition) is 2. The monoisotopic (exact) mass is 280 g/mol. The zero-order chi connectivity index (χ0) is 14.5. The second-order valence-corrected chi connectivity index (χ2v) is 5.52. The van der Waals surface area contributed by atoms with E-state index in [0.717, 1.165) is 6.42 Å². The van der Waals surface area contributed by atoms with E-state index in [0.29, 0.717) is 31.8 Å². The molecule has 1 saturated carbocycles. The van der Waals surface area contributed by atoms with E-state index in [9.17, 15) is 18.0 Å². The molecule has 0 aromatic carbocycles. The standard InChI is InChI=1S/C13H23F3N2O/c1-9(6-7-17)8-18-12(19)10-2-4-11(5-3-10)13(14,15)16/h9-11H,2-8,17H2,1H3,(H,18,19). The highest BCUT2D eigenvalue weighted by Gasteiger charge is 2.42. The lowest BCUT2D eigenvalue weighted by atomic mass is 9.81. The Hall–Kier alpha value is -0.780. The van der Waals surface area contributed by atoms with Crippen molar-refractivity contribution >= 4 is 5.91 Å². The molecule has 1 rings (SSSR count). The summed E-state index contributed by atoms with van der Waals surface area (Å²) in [6.45, 7) is 3.12. The van der Waals surface area contributed by atoms with Crippen molar-refractivity contribution < 1.29 is 18.0 Å². The Labute approximate surface area is 112 Å². The fourth-order valence-corrected chi connectivity index (χ4v) is 2.49. The van der Waals surface area contributed by atoms with Gasteiger partial charge in [0, 0.05) is 12.5 Å². The van der Waals surface area contributed by atoms with Crippen molar-refractivity contribution in [2.24, 2.45) is 23.5 Å². The van der Waals surface area contributed by atoms with Gasteiger partial charge in [-0.25, -0.2) is 0 Å². The van der Waals surface area contributed by atoms with Gasteiger partial charge in [-0.3, -0.25) is 4.79 Å². The van der Waals surface area contributed by atoms with Gasteiger partial charge in [0.05, 0.1) is 5.92 Å². The van der Waals surface area contributed by atoms with Crippen molar-refractivity contribution in [2.75, 3.05) is 13.1 Å². The van der Waals surface area contributed by atoms with Crippen LogP contribution in [0, 0.1) is 17.8 Å². The Kier molecular flexibility index (Phi) is 6.10. The van der Waals surface area contributed by atoms with Gasteiger partial charge in [-0.1, -0.05) is 6.92 Å². The van der Waals surface area contributed by atoms with Gasteiger partial charge in [-0.05, 0) is 44.6 Å². The Morgan fingerprint density at radius 3 is 2.37 bits per heavy atom. The Morgan fingerprint density at radius 2 is 1.89 bits per heavy atom. The summed E-state index contributed by atoms with van der Waals surface area (Å²) < 4.78 is 37.5. The number of hydrogen-bond donors (Lipinski definition) is 2. The number of amides is 1. The molecule has 1 atom stereocenters. The van der Waals surface area contributed by atoms with Gasteiger partial charge >= 0.3 is 6.18 Å². The molecule has 1 amide bonds. The maximum absolute atomic E-state index is 12.5. The van der Waals surface area contributed by atoms with Crippen LogP contribution >= 0.6 is 0 Å². The summed E-state index contributed by atoms with van der Waals surface area (Å²) in [5.41, 5.74) is 5.42. The minimum atomic E-state index is -4.11. The summed E-state index contributed by atoms with van der Waals surface area (Å²) in [6.07, 6.45) is -2.47. The van der Waals surface area contributed by atoms with E-state index in [1.54, 1.807) is 0 Å². The fourth-order valence-electron chi connectivity index (χ4n) is 2.49. The predicted molar refractivity (Wildman–Crippen MR) is 67.3 cm³/mol. The van der Waals surface area contributed by atoms with Crippen molar-refractivity contribution in [2.45, 2.75) is 45.2 Å². The molecular weight excluding hydrogens is 257 g/mol. The smallest absolute Gasteiger partial charge is 0.356 e. The van der Waals surface area contributed by atoms with Crippen LogP contribution in [0.25, 0.3) is 0 Å². The third kappa shape index (κ3) is 5.38. The molecule has 0 aromatic heterocycles. The topological polar surface area (TPSA) is 55.1 Å². The first-order valence-corrected chi connectivity index (χ1v) is 6.89. The summed E-state index contributed by atoms with van der Waals surface area (Å²) in [5.74, 6) is -1.29. The average Bonchev–Trinajstić information content (AvgIpc) is 2.35. The van der Waals surface area contributed by atoms with Gasteiger partial charge in [0.1, 0.15) is 0 Å². The van der Waals surface area contributed by atoms with Crippen LogP contribution in [0.15, 0.2) is 0 Å². The molecule has 1 aliphatic carbocycles. The molecule has 0 bridgehead atoms. The lowest BCUT2D eigenvalue weighted by Gasteiger charge is -2.29. The van der Waals surface area contributed by atoms with Crippen molar-refractivity contribution in [1.82, 2.24) is 5.32 Å². The number of carbonyl (C=O) groups excluding carboxylic acids is 1. The third-order valence-corrected chi connectivity index (χ3v) is 3.85. The normalized spacial score (nSPS) is 25.9. The van der Waals surface area contributed by atoms with E-state index in [2.05, 4.69) is 5.32 Å². The maximum Gasteiger partial charge on any atom is 0.391 e. The van der Waals surface area contributed by atoms with E-state index in [-0.39, 0.29) is 24.7 Å². The number of nitrogens with two attached hydrogens (primary N) is 1. The van der Waals surface area contributed by atoms with E-state index in [1.165, 1.54) is 0 Å². The fraction of sp³-hybridized carbons (Fsp3) is 0.923. The number of carbonyl (C=O) groups is 1. The summed E-state index contributed by atoms with van der Waals surface area (Å²) in [7, 11) is 0. The molecular formula is C13H23F3N2O. The first-order chi connectivity index (χ1) is 8.84. The van der Waals surface area contributed by atoms with E-state index in [1.807, 2.05) is 6.92 Å². The molecule has 0 heterocycles. The molecule has 0 saturated heterocycles.